The Kier molecular flexibility index (Phi) is 3.29. The average molecular weight is 263 g/mol. The van der Waals surface area contributed by atoms with Crippen molar-refractivity contribution in [3.63, 3.8) is 0 Å². The van der Waals surface area contributed by atoms with Gasteiger partial charge in [0.2, 0.25) is 6.79 Å². The molecule has 0 aliphatic carbocycles. The van der Waals surface area contributed by atoms with Crippen LogP contribution in [0.1, 0.15) is 18.4 Å². The van der Waals surface area contributed by atoms with Crippen LogP contribution in [0.25, 0.3) is 0 Å². The molecule has 0 N–H and O–H groups in total. The van der Waals surface area contributed by atoms with Crippen molar-refractivity contribution in [1.82, 2.24) is 4.90 Å². The zero-order chi connectivity index (χ0) is 13.2. The van der Waals surface area contributed by atoms with Crippen LogP contribution in [-0.2, 0) is 16.1 Å². The molecular weight excluding hydrogens is 246 g/mol. The lowest BCUT2D eigenvalue weighted by molar-refractivity contribution is -0.140. The van der Waals surface area contributed by atoms with Crippen molar-refractivity contribution in [2.75, 3.05) is 20.4 Å². The van der Waals surface area contributed by atoms with Gasteiger partial charge in [0.05, 0.1) is 0 Å². The van der Waals surface area contributed by atoms with Crippen LogP contribution in [0.15, 0.2) is 18.2 Å². The van der Waals surface area contributed by atoms with Crippen molar-refractivity contribution in [3.8, 4) is 11.5 Å². The fraction of sp³-hybridized carbons (Fsp3) is 0.500. The van der Waals surface area contributed by atoms with Crippen LogP contribution in [0.3, 0.4) is 0 Å². The molecule has 2 heterocycles. The molecule has 19 heavy (non-hydrogen) atoms. The second-order valence-electron chi connectivity index (χ2n) is 4.88. The minimum Gasteiger partial charge on any atom is -0.454 e. The van der Waals surface area contributed by atoms with Crippen LogP contribution in [0.2, 0.25) is 0 Å². The third kappa shape index (κ3) is 2.51. The first-order valence-electron chi connectivity index (χ1n) is 6.49. The maximum atomic E-state index is 12.1. The number of likely N-dealkylation sites (N-methyl/N-ethyl adjacent to an activating group) is 1. The molecule has 5 nitrogen and oxygen atoms in total. The monoisotopic (exact) mass is 263 g/mol. The molecule has 5 heteroatoms. The molecule has 2 aliphatic heterocycles. The number of ether oxygens (including phenoxy) is 3. The minimum atomic E-state index is -0.265. The standard InChI is InChI=1S/C14H17NO4/c1-15(14(16)12-3-2-6-17-12)8-10-4-5-11-13(7-10)19-9-18-11/h4-5,7,12H,2-3,6,8-9H2,1H3/t12-/m1/s1. The molecule has 1 aromatic rings. The molecule has 102 valence electrons. The summed E-state index contributed by atoms with van der Waals surface area (Å²) in [5.74, 6) is 1.56. The Balaban J connectivity index is 1.65. The van der Waals surface area contributed by atoms with Gasteiger partial charge in [0.1, 0.15) is 6.10 Å². The molecular formula is C14H17NO4. The van der Waals surface area contributed by atoms with Gasteiger partial charge < -0.3 is 19.1 Å². The van der Waals surface area contributed by atoms with Gasteiger partial charge in [0.15, 0.2) is 11.5 Å². The van der Waals surface area contributed by atoms with Gasteiger partial charge >= 0.3 is 0 Å². The summed E-state index contributed by atoms with van der Waals surface area (Å²) in [4.78, 5) is 13.8. The predicted molar refractivity (Wildman–Crippen MR) is 68.0 cm³/mol. The van der Waals surface area contributed by atoms with E-state index in [4.69, 9.17) is 14.2 Å². The van der Waals surface area contributed by atoms with E-state index < -0.39 is 0 Å². The molecule has 0 aromatic heterocycles. The van der Waals surface area contributed by atoms with Gasteiger partial charge in [-0.05, 0) is 30.5 Å². The van der Waals surface area contributed by atoms with E-state index in [9.17, 15) is 4.79 Å². The van der Waals surface area contributed by atoms with E-state index in [1.807, 2.05) is 18.2 Å². The highest BCUT2D eigenvalue weighted by molar-refractivity contribution is 5.80. The lowest BCUT2D eigenvalue weighted by Crippen LogP contribution is -2.35. The van der Waals surface area contributed by atoms with E-state index >= 15 is 0 Å². The Morgan fingerprint density at radius 3 is 3.00 bits per heavy atom. The normalized spacial score (nSPS) is 20.6. The highest BCUT2D eigenvalue weighted by atomic mass is 16.7. The molecule has 1 atom stereocenters. The Morgan fingerprint density at radius 1 is 1.37 bits per heavy atom. The summed E-state index contributed by atoms with van der Waals surface area (Å²) in [5.41, 5.74) is 1.03. The summed E-state index contributed by atoms with van der Waals surface area (Å²) in [7, 11) is 1.80. The molecule has 2 aliphatic rings. The zero-order valence-electron chi connectivity index (χ0n) is 10.9. The molecule has 1 amide bonds. The fourth-order valence-electron chi connectivity index (χ4n) is 2.41. The summed E-state index contributed by atoms with van der Waals surface area (Å²) in [6, 6.07) is 5.75. The second kappa shape index (κ2) is 5.09. The van der Waals surface area contributed by atoms with Crippen LogP contribution < -0.4 is 9.47 Å². The molecule has 0 radical (unpaired) electrons. The lowest BCUT2D eigenvalue weighted by atomic mass is 10.1. The number of hydrogen-bond acceptors (Lipinski definition) is 4. The Bertz CT molecular complexity index is 482. The summed E-state index contributed by atoms with van der Waals surface area (Å²) in [6.45, 7) is 1.51. The molecule has 1 saturated heterocycles. The highest BCUT2D eigenvalue weighted by Crippen LogP contribution is 2.32. The quantitative estimate of drug-likeness (QED) is 0.830. The van der Waals surface area contributed by atoms with Crippen LogP contribution in [0, 0.1) is 0 Å². The first-order valence-corrected chi connectivity index (χ1v) is 6.49. The summed E-state index contributed by atoms with van der Waals surface area (Å²) >= 11 is 0. The number of carbonyl (C=O) groups excluding carboxylic acids is 1. The topological polar surface area (TPSA) is 48.0 Å². The van der Waals surface area contributed by atoms with Crippen molar-refractivity contribution in [3.05, 3.63) is 23.8 Å². The molecule has 0 bridgehead atoms. The van der Waals surface area contributed by atoms with E-state index in [0.717, 1.165) is 29.9 Å². The van der Waals surface area contributed by atoms with Crippen molar-refractivity contribution in [2.24, 2.45) is 0 Å². The number of nitrogens with zero attached hydrogens (tertiary/aromatic N) is 1. The van der Waals surface area contributed by atoms with E-state index in [1.165, 1.54) is 0 Å². The van der Waals surface area contributed by atoms with Crippen LogP contribution >= 0.6 is 0 Å². The lowest BCUT2D eigenvalue weighted by Gasteiger charge is -2.20. The average Bonchev–Trinajstić information content (AvgIpc) is 3.08. The molecule has 1 aromatic carbocycles. The van der Waals surface area contributed by atoms with Gasteiger partial charge in [0.25, 0.3) is 5.91 Å². The van der Waals surface area contributed by atoms with Gasteiger partial charge in [-0.2, -0.15) is 0 Å². The number of hydrogen-bond donors (Lipinski definition) is 0. The molecule has 0 unspecified atom stereocenters. The van der Waals surface area contributed by atoms with Gasteiger partial charge in [-0.3, -0.25) is 4.79 Å². The first kappa shape index (κ1) is 12.3. The zero-order valence-corrected chi connectivity index (χ0v) is 10.9. The van der Waals surface area contributed by atoms with Gasteiger partial charge in [0, 0.05) is 20.2 Å². The maximum Gasteiger partial charge on any atom is 0.251 e. The van der Waals surface area contributed by atoms with Crippen LogP contribution in [0.4, 0.5) is 0 Å². The van der Waals surface area contributed by atoms with Gasteiger partial charge in [-0.25, -0.2) is 0 Å². The summed E-state index contributed by atoms with van der Waals surface area (Å²) in [6.07, 6.45) is 1.53. The van der Waals surface area contributed by atoms with E-state index in [1.54, 1.807) is 11.9 Å². The minimum absolute atomic E-state index is 0.0511. The van der Waals surface area contributed by atoms with Crippen molar-refractivity contribution < 1.29 is 19.0 Å². The smallest absolute Gasteiger partial charge is 0.251 e. The molecule has 0 saturated carbocycles. The third-order valence-electron chi connectivity index (χ3n) is 3.44. The highest BCUT2D eigenvalue weighted by Gasteiger charge is 2.26. The predicted octanol–water partition coefficient (Wildman–Crippen LogP) is 1.55. The maximum absolute atomic E-state index is 12.1. The van der Waals surface area contributed by atoms with Crippen molar-refractivity contribution in [1.29, 1.82) is 0 Å². The van der Waals surface area contributed by atoms with Crippen LogP contribution in [0.5, 0.6) is 11.5 Å². The number of rotatable bonds is 3. The van der Waals surface area contributed by atoms with Crippen molar-refractivity contribution >= 4 is 5.91 Å². The van der Waals surface area contributed by atoms with Crippen molar-refractivity contribution in [2.45, 2.75) is 25.5 Å². The Labute approximate surface area is 112 Å². The van der Waals surface area contributed by atoms with Gasteiger partial charge in [-0.1, -0.05) is 6.07 Å². The number of fused-ring (bicyclic) bond motifs is 1. The SMILES string of the molecule is CN(Cc1ccc2c(c1)OCO2)C(=O)[C@H]1CCCO1. The third-order valence-corrected chi connectivity index (χ3v) is 3.44. The number of amides is 1. The van der Waals surface area contributed by atoms with Crippen LogP contribution in [-0.4, -0.2) is 37.4 Å². The number of benzene rings is 1. The Morgan fingerprint density at radius 2 is 2.21 bits per heavy atom. The fourth-order valence-corrected chi connectivity index (χ4v) is 2.41. The summed E-state index contributed by atoms with van der Waals surface area (Å²) < 4.78 is 16.0. The molecule has 0 spiro atoms. The van der Waals surface area contributed by atoms with E-state index in [2.05, 4.69) is 0 Å². The summed E-state index contributed by atoms with van der Waals surface area (Å²) in [5, 5.41) is 0. The van der Waals surface area contributed by atoms with E-state index in [0.29, 0.717) is 13.2 Å². The van der Waals surface area contributed by atoms with Gasteiger partial charge in [-0.15, -0.1) is 0 Å². The molecule has 1 fully saturated rings. The Hall–Kier alpha value is -1.75. The largest absolute Gasteiger partial charge is 0.454 e. The van der Waals surface area contributed by atoms with E-state index in [-0.39, 0.29) is 18.8 Å². The number of carbonyl (C=O) groups is 1. The molecule has 3 rings (SSSR count). The second-order valence-corrected chi connectivity index (χ2v) is 4.88. The first-order chi connectivity index (χ1) is 9.24.